The zero-order valence-corrected chi connectivity index (χ0v) is 17.9. The third kappa shape index (κ3) is 3.58. The van der Waals surface area contributed by atoms with Gasteiger partial charge in [0.05, 0.1) is 17.4 Å². The van der Waals surface area contributed by atoms with Crippen LogP contribution >= 0.6 is 15.9 Å². The Balaban J connectivity index is 1.72. The highest BCUT2D eigenvalue weighted by Crippen LogP contribution is 2.29. The van der Waals surface area contributed by atoms with Gasteiger partial charge in [0.25, 0.3) is 11.5 Å². The van der Waals surface area contributed by atoms with Crippen molar-refractivity contribution in [3.63, 3.8) is 0 Å². The minimum atomic E-state index is -0.236. The highest BCUT2D eigenvalue weighted by Gasteiger charge is 2.26. The third-order valence-electron chi connectivity index (χ3n) is 4.96. The van der Waals surface area contributed by atoms with Crippen molar-refractivity contribution in [2.24, 2.45) is 0 Å². The minimum Gasteiger partial charge on any atom is -0.451 e. The first kappa shape index (κ1) is 19.4. The molecule has 0 unspecified atom stereocenters. The van der Waals surface area contributed by atoms with Gasteiger partial charge in [0.1, 0.15) is 11.4 Å². The normalized spacial score (nSPS) is 11.5. The summed E-state index contributed by atoms with van der Waals surface area (Å²) in [4.78, 5) is 34.7. The minimum absolute atomic E-state index is 0.112. The number of H-pyrrole nitrogens is 1. The van der Waals surface area contributed by atoms with Gasteiger partial charge in [-0.3, -0.25) is 9.59 Å². The number of aryl methyl sites for hydroxylation is 1. The second-order valence-electron chi connectivity index (χ2n) is 7.25. The number of hydrogen-bond acceptors (Lipinski definition) is 4. The van der Waals surface area contributed by atoms with Crippen LogP contribution in [0.1, 0.15) is 35.8 Å². The average Bonchev–Trinajstić information content (AvgIpc) is 3.01. The Morgan fingerprint density at radius 3 is 2.72 bits per heavy atom. The predicted molar refractivity (Wildman–Crippen MR) is 116 cm³/mol. The quantitative estimate of drug-likeness (QED) is 0.481. The molecule has 2 aromatic carbocycles. The molecule has 2 heterocycles. The number of furan rings is 1. The number of nitrogens with zero attached hydrogens (tertiary/aromatic N) is 2. The first-order valence-electron chi connectivity index (χ1n) is 9.32. The lowest BCUT2D eigenvalue weighted by atomic mass is 10.1. The van der Waals surface area contributed by atoms with E-state index < -0.39 is 0 Å². The fourth-order valence-corrected chi connectivity index (χ4v) is 3.75. The van der Waals surface area contributed by atoms with Gasteiger partial charge in [0, 0.05) is 21.5 Å². The molecular weight excluding hydrogens is 434 g/mol. The first-order chi connectivity index (χ1) is 13.8. The zero-order valence-electron chi connectivity index (χ0n) is 16.3. The molecular formula is C22H20BrN3O3. The maximum atomic E-state index is 13.3. The maximum Gasteiger partial charge on any atom is 0.290 e. The fraction of sp³-hybridized carbons (Fsp3) is 0.227. The Bertz CT molecular complexity index is 1290. The van der Waals surface area contributed by atoms with E-state index in [2.05, 4.69) is 25.9 Å². The van der Waals surface area contributed by atoms with Gasteiger partial charge in [-0.1, -0.05) is 28.1 Å². The van der Waals surface area contributed by atoms with Crippen molar-refractivity contribution in [2.45, 2.75) is 33.4 Å². The van der Waals surface area contributed by atoms with Crippen LogP contribution in [0.3, 0.4) is 0 Å². The number of rotatable bonds is 4. The number of hydrogen-bond donors (Lipinski definition) is 1. The van der Waals surface area contributed by atoms with E-state index in [1.807, 2.05) is 45.0 Å². The van der Waals surface area contributed by atoms with Crippen molar-refractivity contribution in [3.8, 4) is 0 Å². The summed E-state index contributed by atoms with van der Waals surface area (Å²) in [7, 11) is 0. The van der Waals surface area contributed by atoms with Crippen LogP contribution in [-0.4, -0.2) is 26.8 Å². The number of fused-ring (bicyclic) bond motifs is 2. The van der Waals surface area contributed by atoms with Crippen molar-refractivity contribution in [1.29, 1.82) is 0 Å². The van der Waals surface area contributed by atoms with Gasteiger partial charge in [-0.25, -0.2) is 4.98 Å². The lowest BCUT2D eigenvalue weighted by molar-refractivity contribution is 0.0653. The molecule has 0 aliphatic carbocycles. The summed E-state index contributed by atoms with van der Waals surface area (Å²) >= 11 is 3.46. The summed E-state index contributed by atoms with van der Waals surface area (Å²) in [5.74, 6) is 0.503. The summed E-state index contributed by atoms with van der Waals surface area (Å²) in [6.07, 6.45) is 0. The second kappa shape index (κ2) is 7.48. The number of amides is 1. The van der Waals surface area contributed by atoms with Gasteiger partial charge < -0.3 is 14.3 Å². The summed E-state index contributed by atoms with van der Waals surface area (Å²) in [6.45, 7) is 5.90. The van der Waals surface area contributed by atoms with Crippen LogP contribution in [-0.2, 0) is 6.54 Å². The lowest BCUT2D eigenvalue weighted by Crippen LogP contribution is -2.37. The van der Waals surface area contributed by atoms with Crippen molar-refractivity contribution >= 4 is 43.7 Å². The molecule has 1 amide bonds. The van der Waals surface area contributed by atoms with E-state index in [0.717, 1.165) is 15.4 Å². The number of halogens is 1. The smallest absolute Gasteiger partial charge is 0.290 e. The van der Waals surface area contributed by atoms with Gasteiger partial charge in [-0.05, 0) is 51.1 Å². The number of nitrogens with one attached hydrogen (secondary N) is 1. The van der Waals surface area contributed by atoms with Gasteiger partial charge in [0.2, 0.25) is 0 Å². The summed E-state index contributed by atoms with van der Waals surface area (Å²) in [5, 5.41) is 1.42. The predicted octanol–water partition coefficient (Wildman–Crippen LogP) is 4.79. The van der Waals surface area contributed by atoms with Crippen LogP contribution in [0.4, 0.5) is 0 Å². The van der Waals surface area contributed by atoms with E-state index >= 15 is 0 Å². The fourth-order valence-electron chi connectivity index (χ4n) is 3.39. The van der Waals surface area contributed by atoms with E-state index in [-0.39, 0.29) is 24.1 Å². The summed E-state index contributed by atoms with van der Waals surface area (Å²) < 4.78 is 6.80. The number of aromatic amines is 1. The molecule has 0 aliphatic heterocycles. The molecule has 2 aromatic heterocycles. The number of carbonyl (C=O) groups is 1. The molecule has 0 bridgehead atoms. The number of aromatic nitrogens is 2. The maximum absolute atomic E-state index is 13.3. The molecule has 0 aliphatic rings. The zero-order chi connectivity index (χ0) is 20.7. The average molecular weight is 454 g/mol. The van der Waals surface area contributed by atoms with Crippen molar-refractivity contribution < 1.29 is 9.21 Å². The van der Waals surface area contributed by atoms with E-state index in [1.54, 1.807) is 23.1 Å². The molecule has 0 spiro atoms. The molecule has 0 fully saturated rings. The van der Waals surface area contributed by atoms with Crippen molar-refractivity contribution in [3.05, 3.63) is 74.4 Å². The largest absolute Gasteiger partial charge is 0.451 e. The molecule has 6 nitrogen and oxygen atoms in total. The van der Waals surface area contributed by atoms with Gasteiger partial charge >= 0.3 is 0 Å². The standard InChI is InChI=1S/C22H20BrN3O3/c1-12(2)26(11-19-24-17-7-5-4-6-15(17)21(27)25-19)22(28)20-13(3)16-10-14(23)8-9-18(16)29-20/h4-10,12H,11H2,1-3H3,(H,24,25,27). The molecule has 0 radical (unpaired) electrons. The molecule has 148 valence electrons. The van der Waals surface area contributed by atoms with E-state index in [4.69, 9.17) is 4.42 Å². The van der Waals surface area contributed by atoms with E-state index in [0.29, 0.717) is 28.1 Å². The SMILES string of the molecule is Cc1c(C(=O)N(Cc2nc3ccccc3c(=O)[nH]2)C(C)C)oc2ccc(Br)cc12. The van der Waals surface area contributed by atoms with Gasteiger partial charge in [-0.2, -0.15) is 0 Å². The van der Waals surface area contributed by atoms with Crippen LogP contribution in [0.2, 0.25) is 0 Å². The Morgan fingerprint density at radius 1 is 1.21 bits per heavy atom. The van der Waals surface area contributed by atoms with E-state index in [9.17, 15) is 9.59 Å². The van der Waals surface area contributed by atoms with Crippen LogP contribution in [0.5, 0.6) is 0 Å². The van der Waals surface area contributed by atoms with Crippen molar-refractivity contribution in [2.75, 3.05) is 0 Å². The first-order valence-corrected chi connectivity index (χ1v) is 10.1. The number of carbonyl (C=O) groups excluding carboxylic acids is 1. The number of para-hydroxylation sites is 1. The van der Waals surface area contributed by atoms with E-state index in [1.165, 1.54) is 0 Å². The highest BCUT2D eigenvalue weighted by atomic mass is 79.9. The third-order valence-corrected chi connectivity index (χ3v) is 5.45. The second-order valence-corrected chi connectivity index (χ2v) is 8.17. The van der Waals surface area contributed by atoms with Crippen LogP contribution in [0, 0.1) is 6.92 Å². The van der Waals surface area contributed by atoms with Crippen LogP contribution in [0.15, 0.2) is 56.1 Å². The molecule has 7 heteroatoms. The molecule has 29 heavy (non-hydrogen) atoms. The van der Waals surface area contributed by atoms with Crippen LogP contribution < -0.4 is 5.56 Å². The van der Waals surface area contributed by atoms with Gasteiger partial charge in [0.15, 0.2) is 5.76 Å². The highest BCUT2D eigenvalue weighted by molar-refractivity contribution is 9.10. The topological polar surface area (TPSA) is 79.2 Å². The molecule has 4 rings (SSSR count). The molecule has 1 N–H and O–H groups in total. The van der Waals surface area contributed by atoms with Gasteiger partial charge in [-0.15, -0.1) is 0 Å². The Morgan fingerprint density at radius 2 is 1.97 bits per heavy atom. The number of benzene rings is 2. The monoisotopic (exact) mass is 453 g/mol. The van der Waals surface area contributed by atoms with Crippen molar-refractivity contribution in [1.82, 2.24) is 14.9 Å². The molecule has 0 atom stereocenters. The Labute approximate surface area is 175 Å². The lowest BCUT2D eigenvalue weighted by Gasteiger charge is -2.25. The summed E-state index contributed by atoms with van der Waals surface area (Å²) in [6, 6.07) is 12.7. The molecule has 4 aromatic rings. The van der Waals surface area contributed by atoms with Crippen LogP contribution in [0.25, 0.3) is 21.9 Å². The summed E-state index contributed by atoms with van der Waals surface area (Å²) in [5.41, 5.74) is 1.84. The Kier molecular flexibility index (Phi) is 5.00. The molecule has 0 saturated carbocycles. The Hall–Kier alpha value is -2.93. The molecule has 0 saturated heterocycles.